The van der Waals surface area contributed by atoms with Crippen molar-refractivity contribution in [2.45, 2.75) is 12.4 Å². The number of phenols is 1. The number of aromatic hydroxyl groups is 1. The zero-order chi connectivity index (χ0) is 20.3. The fraction of sp³-hybridized carbons (Fsp3) is 0.316. The first-order valence-corrected chi connectivity index (χ1v) is 8.52. The van der Waals surface area contributed by atoms with E-state index in [-0.39, 0.29) is 5.75 Å². The third-order valence-electron chi connectivity index (χ3n) is 4.51. The highest BCUT2D eigenvalue weighted by Crippen LogP contribution is 2.38. The number of nitriles is 1. The number of nitrogens with zero attached hydrogens (tertiary/aromatic N) is 2. The van der Waals surface area contributed by atoms with Crippen molar-refractivity contribution in [3.8, 4) is 17.6 Å². The predicted molar refractivity (Wildman–Crippen MR) is 92.2 cm³/mol. The summed E-state index contributed by atoms with van der Waals surface area (Å²) in [5.41, 5.74) is 0.432. The van der Waals surface area contributed by atoms with E-state index in [2.05, 4.69) is 10.1 Å². The lowest BCUT2D eigenvalue weighted by Gasteiger charge is -2.36. The van der Waals surface area contributed by atoms with Crippen LogP contribution in [0.3, 0.4) is 0 Å². The zero-order valence-electron chi connectivity index (χ0n) is 14.6. The standard InChI is InChI=1S/C19H17F4N3O2/c20-16-6-5-14(18(27)15(16)11-24)17(26-9-7-25-8-10-26)12-1-3-13(4-2-12)28-19(21,22)23/h1-6,17,25,27H,7-10H2/t17-/m0/s1. The molecule has 0 unspecified atom stereocenters. The molecule has 1 aliphatic rings. The fourth-order valence-electron chi connectivity index (χ4n) is 3.29. The minimum Gasteiger partial charge on any atom is -0.506 e. The van der Waals surface area contributed by atoms with Gasteiger partial charge in [-0.05, 0) is 23.8 Å². The molecule has 9 heteroatoms. The molecule has 148 valence electrons. The van der Waals surface area contributed by atoms with Gasteiger partial charge in [-0.3, -0.25) is 4.90 Å². The summed E-state index contributed by atoms with van der Waals surface area (Å²) in [5.74, 6) is -1.67. The molecule has 2 aromatic carbocycles. The SMILES string of the molecule is N#Cc1c(F)ccc([C@H](c2ccc(OC(F)(F)F)cc2)N2CCNCC2)c1O. The van der Waals surface area contributed by atoms with Crippen molar-refractivity contribution >= 4 is 0 Å². The number of piperazine rings is 1. The van der Waals surface area contributed by atoms with Crippen molar-refractivity contribution in [1.82, 2.24) is 10.2 Å². The molecule has 3 rings (SSSR count). The van der Waals surface area contributed by atoms with Gasteiger partial charge in [0, 0.05) is 31.7 Å². The summed E-state index contributed by atoms with van der Waals surface area (Å²) in [6.45, 7) is 2.56. The van der Waals surface area contributed by atoms with Crippen molar-refractivity contribution in [2.75, 3.05) is 26.2 Å². The Bertz CT molecular complexity index is 872. The molecule has 28 heavy (non-hydrogen) atoms. The van der Waals surface area contributed by atoms with Crippen LogP contribution in [0.1, 0.15) is 22.7 Å². The Labute approximate surface area is 158 Å². The summed E-state index contributed by atoms with van der Waals surface area (Å²) in [4.78, 5) is 2.00. The van der Waals surface area contributed by atoms with E-state index in [4.69, 9.17) is 5.26 Å². The van der Waals surface area contributed by atoms with Crippen LogP contribution in [-0.4, -0.2) is 42.5 Å². The molecule has 0 saturated carbocycles. The molecule has 5 nitrogen and oxygen atoms in total. The van der Waals surface area contributed by atoms with Crippen molar-refractivity contribution in [1.29, 1.82) is 5.26 Å². The Morgan fingerprint density at radius 3 is 2.32 bits per heavy atom. The van der Waals surface area contributed by atoms with E-state index < -0.39 is 29.5 Å². The minimum atomic E-state index is -4.80. The second-order valence-corrected chi connectivity index (χ2v) is 6.28. The van der Waals surface area contributed by atoms with Gasteiger partial charge in [-0.1, -0.05) is 18.2 Å². The van der Waals surface area contributed by atoms with E-state index in [0.29, 0.717) is 37.3 Å². The van der Waals surface area contributed by atoms with Gasteiger partial charge in [0.25, 0.3) is 0 Å². The molecule has 1 fully saturated rings. The molecule has 2 N–H and O–H groups in total. The zero-order valence-corrected chi connectivity index (χ0v) is 14.6. The highest BCUT2D eigenvalue weighted by atomic mass is 19.4. The number of halogens is 4. The Morgan fingerprint density at radius 1 is 1.11 bits per heavy atom. The number of hydrogen-bond acceptors (Lipinski definition) is 5. The first-order chi connectivity index (χ1) is 13.3. The maximum Gasteiger partial charge on any atom is 0.573 e. The van der Waals surface area contributed by atoms with Gasteiger partial charge in [0.2, 0.25) is 0 Å². The molecule has 0 radical (unpaired) electrons. The van der Waals surface area contributed by atoms with E-state index >= 15 is 0 Å². The minimum absolute atomic E-state index is 0.310. The normalized spacial score (nSPS) is 16.4. The molecule has 0 amide bonds. The first kappa shape index (κ1) is 19.9. The number of ether oxygens (including phenoxy) is 1. The molecule has 0 aliphatic carbocycles. The van der Waals surface area contributed by atoms with E-state index in [1.807, 2.05) is 4.90 Å². The van der Waals surface area contributed by atoms with Crippen LogP contribution in [0.15, 0.2) is 36.4 Å². The molecule has 2 aromatic rings. The van der Waals surface area contributed by atoms with Crippen LogP contribution in [0.4, 0.5) is 17.6 Å². The Morgan fingerprint density at radius 2 is 1.75 bits per heavy atom. The average Bonchev–Trinajstić information content (AvgIpc) is 2.65. The molecule has 1 heterocycles. The summed E-state index contributed by atoms with van der Waals surface area (Å²) < 4.78 is 54.9. The summed E-state index contributed by atoms with van der Waals surface area (Å²) in [6.07, 6.45) is -4.80. The number of hydrogen-bond donors (Lipinski definition) is 2. The van der Waals surface area contributed by atoms with Gasteiger partial charge in [-0.25, -0.2) is 4.39 Å². The quantitative estimate of drug-likeness (QED) is 0.778. The maximum absolute atomic E-state index is 13.8. The second kappa shape index (κ2) is 8.04. The van der Waals surface area contributed by atoms with Crippen molar-refractivity contribution < 1.29 is 27.4 Å². The highest BCUT2D eigenvalue weighted by Gasteiger charge is 2.32. The number of alkyl halides is 3. The van der Waals surface area contributed by atoms with Crippen molar-refractivity contribution in [3.63, 3.8) is 0 Å². The predicted octanol–water partition coefficient (Wildman–Crippen LogP) is 3.30. The van der Waals surface area contributed by atoms with E-state index in [1.165, 1.54) is 30.3 Å². The Balaban J connectivity index is 2.02. The smallest absolute Gasteiger partial charge is 0.506 e. The van der Waals surface area contributed by atoms with Gasteiger partial charge in [-0.15, -0.1) is 13.2 Å². The molecular weight excluding hydrogens is 378 g/mol. The maximum atomic E-state index is 13.8. The summed E-state index contributed by atoms with van der Waals surface area (Å²) in [7, 11) is 0. The van der Waals surface area contributed by atoms with Gasteiger partial charge in [0.15, 0.2) is 0 Å². The third-order valence-corrected chi connectivity index (χ3v) is 4.51. The highest BCUT2D eigenvalue weighted by molar-refractivity contribution is 5.52. The van der Waals surface area contributed by atoms with Crippen LogP contribution >= 0.6 is 0 Å². The number of nitrogens with one attached hydrogen (secondary N) is 1. The topological polar surface area (TPSA) is 68.5 Å². The van der Waals surface area contributed by atoms with Gasteiger partial charge < -0.3 is 15.2 Å². The van der Waals surface area contributed by atoms with E-state index in [9.17, 15) is 22.7 Å². The number of benzene rings is 2. The van der Waals surface area contributed by atoms with Gasteiger partial charge >= 0.3 is 6.36 Å². The average molecular weight is 395 g/mol. The molecule has 1 atom stereocenters. The van der Waals surface area contributed by atoms with Crippen LogP contribution in [0.5, 0.6) is 11.5 Å². The van der Waals surface area contributed by atoms with Crippen LogP contribution < -0.4 is 10.1 Å². The first-order valence-electron chi connectivity index (χ1n) is 8.52. The van der Waals surface area contributed by atoms with E-state index in [0.717, 1.165) is 6.07 Å². The third kappa shape index (κ3) is 4.35. The molecule has 1 aliphatic heterocycles. The lowest BCUT2D eigenvalue weighted by Crippen LogP contribution is -2.45. The molecule has 0 bridgehead atoms. The van der Waals surface area contributed by atoms with Crippen LogP contribution in [0, 0.1) is 17.1 Å². The molecule has 0 spiro atoms. The molecule has 1 saturated heterocycles. The Kier molecular flexibility index (Phi) is 5.72. The van der Waals surface area contributed by atoms with Crippen LogP contribution in [-0.2, 0) is 0 Å². The summed E-state index contributed by atoms with van der Waals surface area (Å²) in [6, 6.07) is 8.87. The lowest BCUT2D eigenvalue weighted by molar-refractivity contribution is -0.274. The lowest BCUT2D eigenvalue weighted by atomic mass is 9.93. The van der Waals surface area contributed by atoms with Gasteiger partial charge in [0.05, 0.1) is 6.04 Å². The largest absolute Gasteiger partial charge is 0.573 e. The monoisotopic (exact) mass is 395 g/mol. The van der Waals surface area contributed by atoms with Gasteiger partial charge in [-0.2, -0.15) is 5.26 Å². The number of rotatable bonds is 4. The number of phenolic OH excluding ortho intramolecular Hbond substituents is 1. The molecular formula is C19H17F4N3O2. The molecule has 0 aromatic heterocycles. The fourth-order valence-corrected chi connectivity index (χ4v) is 3.29. The summed E-state index contributed by atoms with van der Waals surface area (Å²) in [5, 5.41) is 22.8. The van der Waals surface area contributed by atoms with Crippen LogP contribution in [0.2, 0.25) is 0 Å². The van der Waals surface area contributed by atoms with Crippen LogP contribution in [0.25, 0.3) is 0 Å². The summed E-state index contributed by atoms with van der Waals surface area (Å²) >= 11 is 0. The van der Waals surface area contributed by atoms with Gasteiger partial charge in [0.1, 0.15) is 28.9 Å². The van der Waals surface area contributed by atoms with Crippen molar-refractivity contribution in [3.05, 3.63) is 58.9 Å². The Hall–Kier alpha value is -2.83. The second-order valence-electron chi connectivity index (χ2n) is 6.28. The van der Waals surface area contributed by atoms with Crippen molar-refractivity contribution in [2.24, 2.45) is 0 Å². The van der Waals surface area contributed by atoms with E-state index in [1.54, 1.807) is 6.07 Å².